The van der Waals surface area contributed by atoms with Crippen LogP contribution < -0.4 is 4.74 Å². The van der Waals surface area contributed by atoms with Crippen LogP contribution in [0.4, 0.5) is 4.39 Å². The van der Waals surface area contributed by atoms with Crippen LogP contribution in [0.5, 0.6) is 5.75 Å². The van der Waals surface area contributed by atoms with E-state index in [2.05, 4.69) is 6.58 Å². The van der Waals surface area contributed by atoms with Crippen LogP contribution in [0.2, 0.25) is 10.0 Å². The number of hydrogen-bond donors (Lipinski definition) is 0. The number of fused-ring (bicyclic) bond motifs is 1. The normalized spacial score (nSPS) is 13.5. The minimum Gasteiger partial charge on any atom is -0.457 e. The topological polar surface area (TPSA) is 9.23 Å². The summed E-state index contributed by atoms with van der Waals surface area (Å²) in [4.78, 5) is 1.60. The fourth-order valence-corrected chi connectivity index (χ4v) is 3.46. The summed E-state index contributed by atoms with van der Waals surface area (Å²) in [7, 11) is 0. The van der Waals surface area contributed by atoms with E-state index in [0.717, 1.165) is 9.80 Å². The van der Waals surface area contributed by atoms with Gasteiger partial charge in [-0.25, -0.2) is 4.39 Å². The van der Waals surface area contributed by atoms with Crippen molar-refractivity contribution in [1.29, 1.82) is 0 Å². The van der Waals surface area contributed by atoms with Crippen LogP contribution in [0.1, 0.15) is 5.56 Å². The van der Waals surface area contributed by atoms with E-state index in [-0.39, 0.29) is 5.82 Å². The number of allylic oxidation sites excluding steroid dienone is 1. The van der Waals surface area contributed by atoms with Gasteiger partial charge in [-0.1, -0.05) is 41.5 Å². The van der Waals surface area contributed by atoms with Crippen LogP contribution in [-0.4, -0.2) is 0 Å². The average molecular weight is 339 g/mol. The smallest absolute Gasteiger partial charge is 0.135 e. The first-order valence-corrected chi connectivity index (χ1v) is 7.61. The highest BCUT2D eigenvalue weighted by Gasteiger charge is 2.19. The van der Waals surface area contributed by atoms with Gasteiger partial charge >= 0.3 is 0 Å². The molecular weight excluding hydrogens is 330 g/mol. The van der Waals surface area contributed by atoms with Gasteiger partial charge in [-0.05, 0) is 42.5 Å². The van der Waals surface area contributed by atoms with E-state index in [4.69, 9.17) is 27.9 Å². The molecule has 2 aromatic rings. The monoisotopic (exact) mass is 338 g/mol. The molecule has 1 aliphatic heterocycles. The molecule has 0 aliphatic carbocycles. The van der Waals surface area contributed by atoms with Gasteiger partial charge in [0.05, 0.1) is 5.02 Å². The molecule has 1 heterocycles. The molecule has 3 rings (SSSR count). The van der Waals surface area contributed by atoms with Gasteiger partial charge in [-0.2, -0.15) is 0 Å². The lowest BCUT2D eigenvalue weighted by atomic mass is 10.1. The van der Waals surface area contributed by atoms with Crippen molar-refractivity contribution in [3.8, 4) is 5.75 Å². The minimum atomic E-state index is -0.325. The summed E-state index contributed by atoms with van der Waals surface area (Å²) in [6, 6.07) is 9.59. The predicted octanol–water partition coefficient (Wildman–Crippen LogP) is 6.17. The third kappa shape index (κ3) is 3.10. The van der Waals surface area contributed by atoms with Crippen molar-refractivity contribution in [3.05, 3.63) is 76.2 Å². The molecule has 5 heteroatoms. The standard InChI is InChI=1S/C16H9Cl2FOS/c1-9-6-15(12-8-11(19)3-5-14(12)20-9)21-16-7-10(17)2-4-13(16)18/h2-8H,1H2. The van der Waals surface area contributed by atoms with E-state index in [1.807, 2.05) is 0 Å². The van der Waals surface area contributed by atoms with Gasteiger partial charge < -0.3 is 4.74 Å². The molecule has 0 saturated heterocycles. The summed E-state index contributed by atoms with van der Waals surface area (Å²) >= 11 is 13.6. The largest absolute Gasteiger partial charge is 0.457 e. The Bertz CT molecular complexity index is 771. The highest BCUT2D eigenvalue weighted by atomic mass is 35.5. The lowest BCUT2D eigenvalue weighted by Crippen LogP contribution is -2.01. The molecule has 1 nitrogen and oxygen atoms in total. The van der Waals surface area contributed by atoms with Crippen molar-refractivity contribution in [2.24, 2.45) is 0 Å². The third-order valence-corrected chi connectivity index (χ3v) is 4.65. The van der Waals surface area contributed by atoms with Gasteiger partial charge in [0, 0.05) is 20.4 Å². The van der Waals surface area contributed by atoms with E-state index >= 15 is 0 Å². The Labute approximate surface area is 136 Å². The number of halogens is 3. The van der Waals surface area contributed by atoms with Gasteiger partial charge in [0.1, 0.15) is 17.3 Å². The number of thioether (sulfide) groups is 1. The lowest BCUT2D eigenvalue weighted by molar-refractivity contribution is 0.440. The second-order valence-electron chi connectivity index (χ2n) is 4.39. The third-order valence-electron chi connectivity index (χ3n) is 2.85. The van der Waals surface area contributed by atoms with Crippen molar-refractivity contribution in [3.63, 3.8) is 0 Å². The Balaban J connectivity index is 2.04. The second kappa shape index (κ2) is 5.76. The van der Waals surface area contributed by atoms with Crippen LogP contribution in [0.15, 0.2) is 59.7 Å². The Kier molecular flexibility index (Phi) is 3.98. The molecule has 0 atom stereocenters. The maximum absolute atomic E-state index is 13.5. The molecule has 0 fully saturated rings. The molecule has 0 saturated carbocycles. The van der Waals surface area contributed by atoms with E-state index in [1.165, 1.54) is 23.9 Å². The molecule has 1 aliphatic rings. The van der Waals surface area contributed by atoms with E-state index < -0.39 is 0 Å². The summed E-state index contributed by atoms with van der Waals surface area (Å²) in [5.74, 6) is 0.743. The maximum Gasteiger partial charge on any atom is 0.135 e. The first-order valence-electron chi connectivity index (χ1n) is 6.04. The fraction of sp³-hybridized carbons (Fsp3) is 0. The second-order valence-corrected chi connectivity index (χ2v) is 6.32. The molecule has 0 spiro atoms. The van der Waals surface area contributed by atoms with E-state index in [1.54, 1.807) is 30.3 Å². The first-order chi connectivity index (χ1) is 10.0. The maximum atomic E-state index is 13.5. The molecule has 0 bridgehead atoms. The lowest BCUT2D eigenvalue weighted by Gasteiger charge is -2.19. The molecule has 0 aromatic heterocycles. The van der Waals surface area contributed by atoms with Crippen LogP contribution in [0, 0.1) is 5.82 Å². The van der Waals surface area contributed by atoms with Gasteiger partial charge in [0.25, 0.3) is 0 Å². The molecule has 0 amide bonds. The van der Waals surface area contributed by atoms with Crippen molar-refractivity contribution >= 4 is 39.9 Å². The van der Waals surface area contributed by atoms with Gasteiger partial charge in [0.2, 0.25) is 0 Å². The zero-order valence-electron chi connectivity index (χ0n) is 10.7. The van der Waals surface area contributed by atoms with Gasteiger partial charge in [0.15, 0.2) is 0 Å². The van der Waals surface area contributed by atoms with Crippen LogP contribution >= 0.6 is 35.0 Å². The van der Waals surface area contributed by atoms with Crippen LogP contribution in [0.25, 0.3) is 4.91 Å². The van der Waals surface area contributed by atoms with Gasteiger partial charge in [-0.3, -0.25) is 0 Å². The zero-order valence-corrected chi connectivity index (χ0v) is 13.0. The summed E-state index contributed by atoms with van der Waals surface area (Å²) in [6.07, 6.45) is 1.75. The highest BCUT2D eigenvalue weighted by molar-refractivity contribution is 8.08. The summed E-state index contributed by atoms with van der Waals surface area (Å²) in [6.45, 7) is 3.80. The fourth-order valence-electron chi connectivity index (χ4n) is 1.94. The Morgan fingerprint density at radius 3 is 2.71 bits per heavy atom. The Hall–Kier alpha value is -1.42. The first kappa shape index (κ1) is 14.5. The average Bonchev–Trinajstić information content (AvgIpc) is 2.43. The minimum absolute atomic E-state index is 0.325. The summed E-state index contributed by atoms with van der Waals surface area (Å²) < 4.78 is 19.0. The molecule has 0 unspecified atom stereocenters. The van der Waals surface area contributed by atoms with Gasteiger partial charge in [-0.15, -0.1) is 0 Å². The molecule has 106 valence electrons. The Morgan fingerprint density at radius 2 is 1.90 bits per heavy atom. The van der Waals surface area contributed by atoms with Crippen LogP contribution in [0.3, 0.4) is 0 Å². The summed E-state index contributed by atoms with van der Waals surface area (Å²) in [5.41, 5.74) is 0.670. The SMILES string of the molecule is C=C1C=C(Sc2cc(Cl)ccc2Cl)c2cc(F)ccc2O1. The quantitative estimate of drug-likeness (QED) is 0.647. The molecule has 0 radical (unpaired) electrons. The van der Waals surface area contributed by atoms with Crippen molar-refractivity contribution in [1.82, 2.24) is 0 Å². The summed E-state index contributed by atoms with van der Waals surface area (Å²) in [5, 5.41) is 1.17. The van der Waals surface area contributed by atoms with Crippen molar-refractivity contribution in [2.75, 3.05) is 0 Å². The number of rotatable bonds is 2. The Morgan fingerprint density at radius 1 is 1.10 bits per heavy atom. The molecule has 0 N–H and O–H groups in total. The number of ether oxygens (including phenoxy) is 1. The molecule has 21 heavy (non-hydrogen) atoms. The number of hydrogen-bond acceptors (Lipinski definition) is 2. The van der Waals surface area contributed by atoms with E-state index in [0.29, 0.717) is 27.1 Å². The predicted molar refractivity (Wildman–Crippen MR) is 86.5 cm³/mol. The van der Waals surface area contributed by atoms with Crippen molar-refractivity contribution < 1.29 is 9.13 Å². The molecule has 2 aromatic carbocycles. The van der Waals surface area contributed by atoms with E-state index in [9.17, 15) is 4.39 Å². The zero-order chi connectivity index (χ0) is 15.0. The molecular formula is C16H9Cl2FOS. The number of benzene rings is 2. The van der Waals surface area contributed by atoms with Crippen LogP contribution in [-0.2, 0) is 0 Å². The van der Waals surface area contributed by atoms with Crippen molar-refractivity contribution in [2.45, 2.75) is 4.90 Å². The highest BCUT2D eigenvalue weighted by Crippen LogP contribution is 2.45.